The second kappa shape index (κ2) is 18.8. The summed E-state index contributed by atoms with van der Waals surface area (Å²) in [5.41, 5.74) is 4.03. The van der Waals surface area contributed by atoms with E-state index in [-0.39, 0.29) is 22.8 Å². The van der Waals surface area contributed by atoms with Crippen LogP contribution in [0.4, 0.5) is 23.0 Å². The lowest BCUT2D eigenvalue weighted by molar-refractivity contribution is -0.124. The van der Waals surface area contributed by atoms with Crippen LogP contribution in [0, 0.1) is 30.1 Å². The van der Waals surface area contributed by atoms with Crippen molar-refractivity contribution in [1.82, 2.24) is 24.8 Å². The number of pyridine rings is 1. The van der Waals surface area contributed by atoms with E-state index < -0.39 is 0 Å². The maximum absolute atomic E-state index is 13.4. The molecule has 2 unspecified atom stereocenters. The number of methoxy groups -OCH3 is 1. The normalized spacial score (nSPS) is 21.8. The molecule has 2 aromatic carbocycles. The SMILES string of the molecule is C=CC(=O)Nc1cccc(-n2c(=O)cc(C)c3cnc(Nc4ccc(N5CCN(CCCCCCNC(=O)CC6(C)CC7CC(C)CC(C7)C6)CC5)cc4OC)nc32)c1. The number of nitrogens with one attached hydrogen (secondary N) is 3. The molecule has 3 fully saturated rings. The molecule has 2 saturated carbocycles. The van der Waals surface area contributed by atoms with Gasteiger partial charge in [-0.05, 0) is 124 Å². The van der Waals surface area contributed by atoms with Crippen molar-refractivity contribution in [3.8, 4) is 11.4 Å². The molecule has 12 heteroatoms. The van der Waals surface area contributed by atoms with Crippen molar-refractivity contribution in [2.75, 3.05) is 61.9 Å². The van der Waals surface area contributed by atoms with Gasteiger partial charge >= 0.3 is 0 Å². The summed E-state index contributed by atoms with van der Waals surface area (Å²) in [6.45, 7) is 15.9. The average Bonchev–Trinajstić information content (AvgIpc) is 3.20. The molecule has 4 aromatic rings. The highest BCUT2D eigenvalue weighted by atomic mass is 16.5. The smallest absolute Gasteiger partial charge is 0.257 e. The lowest BCUT2D eigenvalue weighted by Crippen LogP contribution is -2.46. The quantitative estimate of drug-likeness (QED) is 0.0762. The van der Waals surface area contributed by atoms with Gasteiger partial charge in [0.15, 0.2) is 5.65 Å². The number of fused-ring (bicyclic) bond motifs is 3. The predicted molar refractivity (Wildman–Crippen MR) is 237 cm³/mol. The number of hydrogen-bond acceptors (Lipinski definition) is 9. The Kier molecular flexibility index (Phi) is 13.3. The van der Waals surface area contributed by atoms with E-state index in [9.17, 15) is 14.4 Å². The first-order valence-corrected chi connectivity index (χ1v) is 21.6. The first kappa shape index (κ1) is 41.9. The van der Waals surface area contributed by atoms with Crippen molar-refractivity contribution < 1.29 is 14.3 Å². The zero-order valence-corrected chi connectivity index (χ0v) is 35.4. The maximum Gasteiger partial charge on any atom is 0.257 e. The van der Waals surface area contributed by atoms with Gasteiger partial charge in [-0.1, -0.05) is 39.3 Å². The molecule has 12 nitrogen and oxygen atoms in total. The zero-order valence-electron chi connectivity index (χ0n) is 35.4. The number of ether oxygens (including phenoxy) is 1. The Bertz CT molecular complexity index is 2180. The van der Waals surface area contributed by atoms with Gasteiger partial charge in [-0.25, -0.2) is 4.98 Å². The Labute approximate surface area is 348 Å². The molecule has 0 spiro atoms. The lowest BCUT2D eigenvalue weighted by Gasteiger charge is -2.47. The molecule has 3 heterocycles. The summed E-state index contributed by atoms with van der Waals surface area (Å²) in [5.74, 6) is 3.40. The number of benzene rings is 2. The number of aryl methyl sites for hydroxylation is 1. The molecular weight excluding hydrogens is 741 g/mol. The molecule has 3 N–H and O–H groups in total. The molecule has 2 atom stereocenters. The van der Waals surface area contributed by atoms with Gasteiger partial charge < -0.3 is 25.6 Å². The van der Waals surface area contributed by atoms with Crippen LogP contribution in [0.2, 0.25) is 0 Å². The van der Waals surface area contributed by atoms with Crippen LogP contribution in [0.15, 0.2) is 72.2 Å². The highest BCUT2D eigenvalue weighted by Crippen LogP contribution is 2.51. The standard InChI is InChI=1S/C47H62N8O4/c1-6-42(56)50-36-12-11-13-38(26-36)55-44(58)24-33(3)39-31-49-46(52-45(39)55)51-40-15-14-37(27-41(40)59-5)54-20-18-53(19-21-54)17-10-8-7-9-16-48-43(57)30-47(4)28-34-22-32(2)23-35(25-34)29-47/h6,11-15,24,26-27,31-32,34-35H,1,7-10,16-23,25,28-30H2,2-5H3,(H,48,57)(H,50,56)(H,49,51,52). The molecule has 59 heavy (non-hydrogen) atoms. The number of aromatic nitrogens is 3. The van der Waals surface area contributed by atoms with Crippen molar-refractivity contribution in [3.63, 3.8) is 0 Å². The molecule has 1 saturated heterocycles. The Morgan fingerprint density at radius 1 is 0.966 bits per heavy atom. The number of amides is 2. The minimum Gasteiger partial charge on any atom is -0.494 e. The van der Waals surface area contributed by atoms with E-state index in [1.165, 1.54) is 55.6 Å². The average molecular weight is 803 g/mol. The van der Waals surface area contributed by atoms with Crippen LogP contribution in [-0.4, -0.2) is 77.6 Å². The third kappa shape index (κ3) is 10.5. The molecule has 3 aliphatic rings. The Balaban J connectivity index is 0.870. The van der Waals surface area contributed by atoms with Crippen LogP contribution < -0.4 is 31.1 Å². The van der Waals surface area contributed by atoms with Gasteiger partial charge in [0.25, 0.3) is 5.56 Å². The summed E-state index contributed by atoms with van der Waals surface area (Å²) in [7, 11) is 1.65. The van der Waals surface area contributed by atoms with E-state index in [1.54, 1.807) is 43.6 Å². The Morgan fingerprint density at radius 2 is 1.73 bits per heavy atom. The molecule has 1 aliphatic heterocycles. The molecule has 7 rings (SSSR count). The molecular formula is C47H62N8O4. The van der Waals surface area contributed by atoms with Crippen molar-refractivity contribution in [2.24, 2.45) is 23.2 Å². The fourth-order valence-corrected chi connectivity index (χ4v) is 10.2. The van der Waals surface area contributed by atoms with E-state index >= 15 is 0 Å². The van der Waals surface area contributed by atoms with Crippen LogP contribution in [0.1, 0.15) is 83.6 Å². The topological polar surface area (TPSA) is 134 Å². The third-order valence-corrected chi connectivity index (χ3v) is 12.7. The second-order valence-electron chi connectivity index (χ2n) is 17.7. The van der Waals surface area contributed by atoms with Crippen LogP contribution >= 0.6 is 0 Å². The Hall–Kier alpha value is -5.23. The van der Waals surface area contributed by atoms with Crippen LogP contribution in [0.3, 0.4) is 0 Å². The number of hydrogen-bond donors (Lipinski definition) is 3. The molecule has 0 radical (unpaired) electrons. The lowest BCUT2D eigenvalue weighted by atomic mass is 9.58. The van der Waals surface area contributed by atoms with Crippen molar-refractivity contribution in [3.05, 3.63) is 83.3 Å². The largest absolute Gasteiger partial charge is 0.494 e. The fraction of sp³-hybridized carbons (Fsp3) is 0.511. The summed E-state index contributed by atoms with van der Waals surface area (Å²) in [6.07, 6.45) is 14.7. The maximum atomic E-state index is 13.4. The van der Waals surface area contributed by atoms with Gasteiger partial charge in [0, 0.05) is 74.2 Å². The minimum atomic E-state index is -0.342. The first-order chi connectivity index (χ1) is 28.5. The van der Waals surface area contributed by atoms with Crippen molar-refractivity contribution in [1.29, 1.82) is 0 Å². The van der Waals surface area contributed by atoms with Crippen LogP contribution in [0.5, 0.6) is 5.75 Å². The van der Waals surface area contributed by atoms with Crippen LogP contribution in [-0.2, 0) is 9.59 Å². The predicted octanol–water partition coefficient (Wildman–Crippen LogP) is 8.01. The van der Waals surface area contributed by atoms with E-state index in [4.69, 9.17) is 9.72 Å². The highest BCUT2D eigenvalue weighted by Gasteiger charge is 2.41. The van der Waals surface area contributed by atoms with E-state index in [0.29, 0.717) is 40.8 Å². The van der Waals surface area contributed by atoms with Crippen molar-refractivity contribution in [2.45, 2.75) is 85.0 Å². The molecule has 2 amide bonds. The second-order valence-corrected chi connectivity index (χ2v) is 17.7. The van der Waals surface area contributed by atoms with Gasteiger partial charge in [0.2, 0.25) is 17.8 Å². The number of nitrogens with zero attached hydrogens (tertiary/aromatic N) is 5. The summed E-state index contributed by atoms with van der Waals surface area (Å²) in [4.78, 5) is 52.5. The summed E-state index contributed by atoms with van der Waals surface area (Å²) < 4.78 is 7.35. The number of carbonyl (C=O) groups excluding carboxylic acids is 2. The number of piperazine rings is 1. The Morgan fingerprint density at radius 3 is 2.47 bits per heavy atom. The van der Waals surface area contributed by atoms with E-state index in [2.05, 4.69) is 57.2 Å². The fourth-order valence-electron chi connectivity index (χ4n) is 10.2. The van der Waals surface area contributed by atoms with Crippen LogP contribution in [0.25, 0.3) is 16.7 Å². The monoisotopic (exact) mass is 802 g/mol. The number of anilines is 4. The summed E-state index contributed by atoms with van der Waals surface area (Å²) in [6, 6.07) is 14.7. The number of rotatable bonds is 16. The summed E-state index contributed by atoms with van der Waals surface area (Å²) in [5, 5.41) is 10.0. The number of carbonyl (C=O) groups is 2. The first-order valence-electron chi connectivity index (χ1n) is 21.6. The minimum absolute atomic E-state index is 0.184. The molecule has 2 bridgehead atoms. The van der Waals surface area contributed by atoms with Gasteiger partial charge in [0.1, 0.15) is 5.75 Å². The van der Waals surface area contributed by atoms with Gasteiger partial charge in [-0.3, -0.25) is 23.9 Å². The summed E-state index contributed by atoms with van der Waals surface area (Å²) >= 11 is 0. The molecule has 314 valence electrons. The van der Waals surface area contributed by atoms with Gasteiger partial charge in [-0.15, -0.1) is 0 Å². The van der Waals surface area contributed by atoms with E-state index in [0.717, 1.165) is 86.5 Å². The highest BCUT2D eigenvalue weighted by molar-refractivity contribution is 5.99. The molecule has 2 aliphatic carbocycles. The zero-order chi connectivity index (χ0) is 41.5. The van der Waals surface area contributed by atoms with Crippen molar-refractivity contribution >= 4 is 45.9 Å². The van der Waals surface area contributed by atoms with Gasteiger partial charge in [-0.2, -0.15) is 4.98 Å². The van der Waals surface area contributed by atoms with Gasteiger partial charge in [0.05, 0.1) is 18.5 Å². The number of unbranched alkanes of at least 4 members (excludes halogenated alkanes) is 3. The third-order valence-electron chi connectivity index (χ3n) is 12.7. The van der Waals surface area contributed by atoms with E-state index in [1.807, 2.05) is 19.1 Å². The molecule has 2 aromatic heterocycles.